The number of halogens is 2. The largest absolute Gasteiger partial charge is 0.353 e. The molecule has 2 aromatic heterocycles. The first kappa shape index (κ1) is 14.6. The van der Waals surface area contributed by atoms with Crippen LogP contribution in [0.2, 0.25) is 10.0 Å². The second-order valence-corrected chi connectivity index (χ2v) is 5.93. The molecule has 7 heteroatoms. The van der Waals surface area contributed by atoms with Crippen molar-refractivity contribution in [2.24, 2.45) is 0 Å². The van der Waals surface area contributed by atoms with Crippen LogP contribution in [0.4, 0.5) is 5.82 Å². The first-order chi connectivity index (χ1) is 10.2. The Labute approximate surface area is 134 Å². The second-order valence-electron chi connectivity index (χ2n) is 5.09. The number of piperazine rings is 1. The first-order valence-electron chi connectivity index (χ1n) is 6.96. The minimum Gasteiger partial charge on any atom is -0.353 e. The molecular formula is C14H17Cl2N5. The maximum Gasteiger partial charge on any atom is 0.147 e. The van der Waals surface area contributed by atoms with Gasteiger partial charge in [-0.05, 0) is 6.07 Å². The first-order valence-corrected chi connectivity index (χ1v) is 7.72. The van der Waals surface area contributed by atoms with Crippen molar-refractivity contribution >= 4 is 29.0 Å². The lowest BCUT2D eigenvalue weighted by atomic mass is 10.3. The molecule has 0 saturated carbocycles. The Bertz CT molecular complexity index is 579. The molecule has 3 heterocycles. The summed E-state index contributed by atoms with van der Waals surface area (Å²) < 4.78 is 2.10. The van der Waals surface area contributed by atoms with Crippen LogP contribution in [0.15, 0.2) is 31.0 Å². The van der Waals surface area contributed by atoms with Gasteiger partial charge in [0, 0.05) is 57.9 Å². The summed E-state index contributed by atoms with van der Waals surface area (Å²) in [7, 11) is 0. The van der Waals surface area contributed by atoms with E-state index in [1.54, 1.807) is 12.3 Å². The lowest BCUT2D eigenvalue weighted by Gasteiger charge is -2.35. The number of aromatic nitrogens is 3. The van der Waals surface area contributed by atoms with Crippen LogP contribution in [0.5, 0.6) is 0 Å². The van der Waals surface area contributed by atoms with Crippen molar-refractivity contribution in [1.29, 1.82) is 0 Å². The molecule has 2 aromatic rings. The molecule has 112 valence electrons. The van der Waals surface area contributed by atoms with E-state index in [2.05, 4.69) is 24.3 Å². The van der Waals surface area contributed by atoms with Crippen molar-refractivity contribution in [3.63, 3.8) is 0 Å². The van der Waals surface area contributed by atoms with E-state index in [-0.39, 0.29) is 0 Å². The smallest absolute Gasteiger partial charge is 0.147 e. The minimum absolute atomic E-state index is 0.572. The molecule has 3 rings (SSSR count). The molecule has 1 saturated heterocycles. The molecule has 0 spiro atoms. The summed E-state index contributed by atoms with van der Waals surface area (Å²) in [5.74, 6) is 0.829. The van der Waals surface area contributed by atoms with Crippen LogP contribution in [-0.4, -0.2) is 52.2 Å². The van der Waals surface area contributed by atoms with Crippen molar-refractivity contribution in [2.75, 3.05) is 37.6 Å². The van der Waals surface area contributed by atoms with Gasteiger partial charge in [-0.1, -0.05) is 23.2 Å². The van der Waals surface area contributed by atoms with Gasteiger partial charge in [0.2, 0.25) is 0 Å². The average molecular weight is 326 g/mol. The molecule has 0 aliphatic carbocycles. The standard InChI is InChI=1S/C14H17Cl2N5/c15-12-9-13(16)14(18-10-12)21-7-5-19(6-8-21)3-4-20-2-1-17-11-20/h1-2,9-11H,3-8H2. The molecule has 21 heavy (non-hydrogen) atoms. The van der Waals surface area contributed by atoms with Crippen LogP contribution >= 0.6 is 23.2 Å². The van der Waals surface area contributed by atoms with Gasteiger partial charge >= 0.3 is 0 Å². The average Bonchev–Trinajstić information content (AvgIpc) is 2.99. The maximum absolute atomic E-state index is 6.22. The highest BCUT2D eigenvalue weighted by molar-refractivity contribution is 6.36. The third-order valence-electron chi connectivity index (χ3n) is 3.69. The molecule has 1 aliphatic heterocycles. The number of rotatable bonds is 4. The Kier molecular flexibility index (Phi) is 4.63. The van der Waals surface area contributed by atoms with Crippen LogP contribution in [0, 0.1) is 0 Å². The van der Waals surface area contributed by atoms with Gasteiger partial charge in [-0.3, -0.25) is 4.90 Å². The van der Waals surface area contributed by atoms with E-state index in [1.807, 2.05) is 18.7 Å². The molecule has 0 aromatic carbocycles. The molecule has 0 atom stereocenters. The molecule has 5 nitrogen and oxygen atoms in total. The zero-order valence-corrected chi connectivity index (χ0v) is 13.1. The Morgan fingerprint density at radius 3 is 2.57 bits per heavy atom. The summed E-state index contributed by atoms with van der Waals surface area (Å²) in [4.78, 5) is 13.1. The van der Waals surface area contributed by atoms with E-state index in [1.165, 1.54) is 0 Å². The van der Waals surface area contributed by atoms with E-state index >= 15 is 0 Å². The Morgan fingerprint density at radius 1 is 1.10 bits per heavy atom. The van der Waals surface area contributed by atoms with Gasteiger partial charge in [0.25, 0.3) is 0 Å². The number of pyridine rings is 1. The monoisotopic (exact) mass is 325 g/mol. The molecule has 0 unspecified atom stereocenters. The molecule has 1 aliphatic rings. The van der Waals surface area contributed by atoms with Gasteiger partial charge < -0.3 is 9.47 Å². The van der Waals surface area contributed by atoms with Gasteiger partial charge in [-0.2, -0.15) is 0 Å². The summed E-state index contributed by atoms with van der Waals surface area (Å²) in [6.45, 7) is 5.88. The third-order valence-corrected chi connectivity index (χ3v) is 4.18. The van der Waals surface area contributed by atoms with Crippen LogP contribution < -0.4 is 4.90 Å². The summed E-state index contributed by atoms with van der Waals surface area (Å²) in [6, 6.07) is 1.75. The predicted octanol–water partition coefficient (Wildman–Crippen LogP) is 2.41. The number of hydrogen-bond acceptors (Lipinski definition) is 4. The molecule has 1 fully saturated rings. The molecule has 0 N–H and O–H groups in total. The number of anilines is 1. The minimum atomic E-state index is 0.572. The molecule has 0 amide bonds. The van der Waals surface area contributed by atoms with Crippen molar-refractivity contribution in [3.8, 4) is 0 Å². The summed E-state index contributed by atoms with van der Waals surface area (Å²) >= 11 is 12.1. The van der Waals surface area contributed by atoms with Crippen molar-refractivity contribution in [2.45, 2.75) is 6.54 Å². The maximum atomic E-state index is 6.22. The Hall–Kier alpha value is -1.30. The lowest BCUT2D eigenvalue weighted by Crippen LogP contribution is -2.47. The quantitative estimate of drug-likeness (QED) is 0.865. The van der Waals surface area contributed by atoms with Crippen molar-refractivity contribution in [1.82, 2.24) is 19.4 Å². The molecule has 0 radical (unpaired) electrons. The van der Waals surface area contributed by atoms with Crippen LogP contribution in [-0.2, 0) is 6.54 Å². The highest BCUT2D eigenvalue weighted by Crippen LogP contribution is 2.26. The second kappa shape index (κ2) is 6.64. The van der Waals surface area contributed by atoms with E-state index in [0.29, 0.717) is 10.0 Å². The highest BCUT2D eigenvalue weighted by atomic mass is 35.5. The highest BCUT2D eigenvalue weighted by Gasteiger charge is 2.19. The topological polar surface area (TPSA) is 37.2 Å². The zero-order chi connectivity index (χ0) is 14.7. The summed E-state index contributed by atoms with van der Waals surface area (Å²) in [5.41, 5.74) is 0. The fourth-order valence-electron chi connectivity index (χ4n) is 2.50. The normalized spacial score (nSPS) is 16.4. The van der Waals surface area contributed by atoms with Gasteiger partial charge in [0.05, 0.1) is 16.4 Å². The number of hydrogen-bond donors (Lipinski definition) is 0. The summed E-state index contributed by atoms with van der Waals surface area (Å²) in [6.07, 6.45) is 7.31. The molecule has 0 bridgehead atoms. The fourth-order valence-corrected chi connectivity index (χ4v) is 3.00. The van der Waals surface area contributed by atoms with Gasteiger partial charge in [-0.15, -0.1) is 0 Å². The summed E-state index contributed by atoms with van der Waals surface area (Å²) in [5, 5.41) is 1.19. The van der Waals surface area contributed by atoms with E-state index < -0.39 is 0 Å². The Morgan fingerprint density at radius 2 is 1.90 bits per heavy atom. The fraction of sp³-hybridized carbons (Fsp3) is 0.429. The van der Waals surface area contributed by atoms with Crippen LogP contribution in [0.25, 0.3) is 0 Å². The Balaban J connectivity index is 1.52. The van der Waals surface area contributed by atoms with Crippen LogP contribution in [0.1, 0.15) is 0 Å². The third kappa shape index (κ3) is 3.67. The molecular weight excluding hydrogens is 309 g/mol. The van der Waals surface area contributed by atoms with Gasteiger partial charge in [0.1, 0.15) is 5.82 Å². The SMILES string of the molecule is Clc1cnc(N2CCN(CCn3ccnc3)CC2)c(Cl)c1. The lowest BCUT2D eigenvalue weighted by molar-refractivity contribution is 0.247. The van der Waals surface area contributed by atoms with Gasteiger partial charge in [0.15, 0.2) is 0 Å². The van der Waals surface area contributed by atoms with Crippen molar-refractivity contribution < 1.29 is 0 Å². The van der Waals surface area contributed by atoms with Gasteiger partial charge in [-0.25, -0.2) is 9.97 Å². The number of nitrogens with zero attached hydrogens (tertiary/aromatic N) is 5. The van der Waals surface area contributed by atoms with E-state index in [0.717, 1.165) is 45.1 Å². The zero-order valence-electron chi connectivity index (χ0n) is 11.6. The number of imidazole rings is 1. The predicted molar refractivity (Wildman–Crippen MR) is 85.1 cm³/mol. The van der Waals surface area contributed by atoms with E-state index in [4.69, 9.17) is 23.2 Å². The van der Waals surface area contributed by atoms with Crippen molar-refractivity contribution in [3.05, 3.63) is 41.0 Å². The van der Waals surface area contributed by atoms with Crippen LogP contribution in [0.3, 0.4) is 0 Å². The van der Waals surface area contributed by atoms with E-state index in [9.17, 15) is 0 Å².